The second-order valence-electron chi connectivity index (χ2n) is 7.50. The predicted molar refractivity (Wildman–Crippen MR) is 118 cm³/mol. The van der Waals surface area contributed by atoms with Crippen molar-refractivity contribution in [1.82, 2.24) is 9.88 Å². The summed E-state index contributed by atoms with van der Waals surface area (Å²) in [6.45, 7) is 7.88. The Labute approximate surface area is 176 Å². The van der Waals surface area contributed by atoms with Crippen LogP contribution in [-0.4, -0.2) is 22.8 Å². The van der Waals surface area contributed by atoms with Crippen LogP contribution >= 0.6 is 27.3 Å². The molecule has 0 atom stereocenters. The van der Waals surface area contributed by atoms with Crippen molar-refractivity contribution in [1.29, 1.82) is 0 Å². The van der Waals surface area contributed by atoms with E-state index < -0.39 is 5.41 Å². The number of benzene rings is 1. The minimum Gasteiger partial charge on any atom is -0.355 e. The van der Waals surface area contributed by atoms with Gasteiger partial charge in [0.15, 0.2) is 5.78 Å². The predicted octanol–water partition coefficient (Wildman–Crippen LogP) is 2.42. The molecule has 0 unspecified atom stereocenters. The number of hydrogen-bond donors (Lipinski definition) is 1. The van der Waals surface area contributed by atoms with Gasteiger partial charge in [0.25, 0.3) is 5.56 Å². The molecule has 0 aliphatic heterocycles. The van der Waals surface area contributed by atoms with Gasteiger partial charge in [0.1, 0.15) is 11.2 Å². The fraction of sp³-hybridized carbons (Fsp3) is 0.381. The number of rotatable bonds is 6. The largest absolute Gasteiger partial charge is 0.355 e. The highest BCUT2D eigenvalue weighted by Gasteiger charge is 2.20. The number of amides is 1. The normalized spacial score (nSPS) is 13.0. The number of Topliss-reactive ketones (excluding diaryl/α,β-unsaturated/α-hetero) is 1. The van der Waals surface area contributed by atoms with Crippen LogP contribution in [0, 0.1) is 5.41 Å². The van der Waals surface area contributed by atoms with Gasteiger partial charge >= 0.3 is 0 Å². The third-order valence-corrected chi connectivity index (χ3v) is 5.56. The van der Waals surface area contributed by atoms with E-state index in [-0.39, 0.29) is 23.8 Å². The first-order valence-electron chi connectivity index (χ1n) is 9.11. The average Bonchev–Trinajstić information content (AvgIpc) is 2.90. The number of carbonyl (C=O) groups excluding carboxylic acids is 2. The number of carbonyl (C=O) groups is 2. The molecule has 7 heteroatoms. The molecular formula is C21H25BrN2O3S. The summed E-state index contributed by atoms with van der Waals surface area (Å²) in [7, 11) is 0. The summed E-state index contributed by atoms with van der Waals surface area (Å²) in [6.07, 6.45) is 4.06. The Morgan fingerprint density at radius 1 is 1.21 bits per heavy atom. The lowest BCUT2D eigenvalue weighted by Crippen LogP contribution is -2.38. The van der Waals surface area contributed by atoms with Gasteiger partial charge in [0.05, 0.1) is 4.53 Å². The zero-order valence-corrected chi connectivity index (χ0v) is 18.9. The van der Waals surface area contributed by atoms with Crippen molar-refractivity contribution >= 4 is 51.1 Å². The molecule has 150 valence electrons. The summed E-state index contributed by atoms with van der Waals surface area (Å²) in [5.74, 6) is -0.332. The number of thiazole rings is 1. The van der Waals surface area contributed by atoms with Crippen molar-refractivity contribution in [3.8, 4) is 0 Å². The van der Waals surface area contributed by atoms with Gasteiger partial charge in [0.2, 0.25) is 5.91 Å². The number of aromatic nitrogens is 1. The highest BCUT2D eigenvalue weighted by molar-refractivity contribution is 9.10. The molecule has 0 spiro atoms. The van der Waals surface area contributed by atoms with E-state index in [1.54, 1.807) is 6.08 Å². The Morgan fingerprint density at radius 2 is 1.86 bits per heavy atom. The molecule has 2 aromatic rings. The number of hydrogen-bond acceptors (Lipinski definition) is 4. The lowest BCUT2D eigenvalue weighted by Gasteiger charge is -2.12. The van der Waals surface area contributed by atoms with E-state index >= 15 is 0 Å². The molecule has 1 N–H and O–H groups in total. The summed E-state index contributed by atoms with van der Waals surface area (Å²) in [4.78, 5) is 37.6. The maximum atomic E-state index is 12.9. The Kier molecular flexibility index (Phi) is 7.55. The van der Waals surface area contributed by atoms with Gasteiger partial charge in [-0.25, -0.2) is 0 Å². The first-order chi connectivity index (χ1) is 13.1. The van der Waals surface area contributed by atoms with E-state index in [0.717, 1.165) is 16.5 Å². The fourth-order valence-electron chi connectivity index (χ4n) is 2.30. The number of nitrogens with zero attached hydrogens (tertiary/aromatic N) is 1. The molecule has 5 nitrogen and oxygen atoms in total. The Hall–Kier alpha value is -1.99. The Balaban J connectivity index is 2.57. The maximum Gasteiger partial charge on any atom is 0.269 e. The summed E-state index contributed by atoms with van der Waals surface area (Å²) >= 11 is 4.61. The van der Waals surface area contributed by atoms with Gasteiger partial charge in [-0.3, -0.25) is 19.0 Å². The van der Waals surface area contributed by atoms with Crippen LogP contribution in [0.5, 0.6) is 0 Å². The van der Waals surface area contributed by atoms with Crippen LogP contribution in [0.1, 0.15) is 39.7 Å². The molecule has 1 aromatic heterocycles. The van der Waals surface area contributed by atoms with E-state index in [1.165, 1.54) is 22.0 Å². The van der Waals surface area contributed by atoms with E-state index in [4.69, 9.17) is 0 Å². The van der Waals surface area contributed by atoms with Gasteiger partial charge in [-0.2, -0.15) is 0 Å². The lowest BCUT2D eigenvalue weighted by molar-refractivity contribution is -0.122. The molecule has 0 fully saturated rings. The second kappa shape index (κ2) is 9.47. The van der Waals surface area contributed by atoms with Crippen LogP contribution in [-0.2, 0) is 16.1 Å². The first-order valence-corrected chi connectivity index (χ1v) is 10.7. The summed E-state index contributed by atoms with van der Waals surface area (Å²) in [6, 6.07) is 7.58. The minimum absolute atomic E-state index is 0.0911. The van der Waals surface area contributed by atoms with Gasteiger partial charge in [0, 0.05) is 22.5 Å². The van der Waals surface area contributed by atoms with Crippen LogP contribution < -0.4 is 20.1 Å². The van der Waals surface area contributed by atoms with E-state index in [0.29, 0.717) is 15.7 Å². The molecule has 1 amide bonds. The molecule has 0 saturated carbocycles. The minimum atomic E-state index is -0.565. The summed E-state index contributed by atoms with van der Waals surface area (Å²) in [5, 5.41) is 2.78. The quantitative estimate of drug-likeness (QED) is 0.713. The lowest BCUT2D eigenvalue weighted by atomic mass is 9.91. The molecule has 0 aliphatic rings. The van der Waals surface area contributed by atoms with Crippen molar-refractivity contribution in [3.05, 3.63) is 53.9 Å². The van der Waals surface area contributed by atoms with Crippen LogP contribution in [0.25, 0.3) is 12.2 Å². The third kappa shape index (κ3) is 6.01. The van der Waals surface area contributed by atoms with Crippen molar-refractivity contribution in [2.45, 2.75) is 40.7 Å². The molecule has 1 heterocycles. The van der Waals surface area contributed by atoms with Crippen LogP contribution in [0.4, 0.5) is 0 Å². The van der Waals surface area contributed by atoms with Crippen LogP contribution in [0.2, 0.25) is 0 Å². The zero-order chi connectivity index (χ0) is 20.9. The molecule has 0 aliphatic carbocycles. The molecule has 28 heavy (non-hydrogen) atoms. The second-order valence-corrected chi connectivity index (χ2v) is 9.48. The maximum absolute atomic E-state index is 12.9. The molecular weight excluding hydrogens is 440 g/mol. The van der Waals surface area contributed by atoms with Crippen molar-refractivity contribution in [2.75, 3.05) is 6.54 Å². The van der Waals surface area contributed by atoms with E-state index in [1.807, 2.05) is 52.0 Å². The van der Waals surface area contributed by atoms with E-state index in [9.17, 15) is 14.4 Å². The van der Waals surface area contributed by atoms with E-state index in [2.05, 4.69) is 21.2 Å². The fourth-order valence-corrected chi connectivity index (χ4v) is 3.60. The Bertz CT molecular complexity index is 1030. The van der Waals surface area contributed by atoms with Crippen molar-refractivity contribution in [2.24, 2.45) is 5.41 Å². The first kappa shape index (κ1) is 22.3. The standard InChI is InChI=1S/C21H25BrN2O3S/c1-5-10-23-18(26)13-24-19(12-17(25)21(2,3)4)28-16(20(24)27)11-14-6-8-15(22)9-7-14/h6-9,11-12H,5,10,13H2,1-4H3,(H,23,26). The number of nitrogens with one attached hydrogen (secondary N) is 1. The SMILES string of the molecule is CCCNC(=O)Cn1c(=CC(=O)C(C)(C)C)sc(=Cc2ccc(Br)cc2)c1=O. The van der Waals surface area contributed by atoms with Gasteiger partial charge in [-0.15, -0.1) is 11.3 Å². The Morgan fingerprint density at radius 3 is 2.43 bits per heavy atom. The monoisotopic (exact) mass is 464 g/mol. The van der Waals surface area contributed by atoms with Crippen LogP contribution in [0.3, 0.4) is 0 Å². The average molecular weight is 465 g/mol. The third-order valence-electron chi connectivity index (χ3n) is 3.97. The molecule has 0 radical (unpaired) electrons. The van der Waals surface area contributed by atoms with Crippen molar-refractivity contribution in [3.63, 3.8) is 0 Å². The van der Waals surface area contributed by atoms with Gasteiger partial charge in [-0.1, -0.05) is 55.8 Å². The van der Waals surface area contributed by atoms with Crippen LogP contribution in [0.15, 0.2) is 33.5 Å². The highest BCUT2D eigenvalue weighted by atomic mass is 79.9. The highest BCUT2D eigenvalue weighted by Crippen LogP contribution is 2.15. The van der Waals surface area contributed by atoms with Gasteiger partial charge < -0.3 is 5.32 Å². The molecule has 2 rings (SSSR count). The van der Waals surface area contributed by atoms with Crippen molar-refractivity contribution < 1.29 is 9.59 Å². The molecule has 0 saturated heterocycles. The summed E-state index contributed by atoms with van der Waals surface area (Å²) in [5.41, 5.74) is 0.0376. The van der Waals surface area contributed by atoms with Gasteiger partial charge in [-0.05, 0) is 30.2 Å². The topological polar surface area (TPSA) is 68.2 Å². The smallest absolute Gasteiger partial charge is 0.269 e. The summed E-state index contributed by atoms with van der Waals surface area (Å²) < 4.78 is 3.30. The molecule has 1 aromatic carbocycles. The number of halogens is 1. The molecule has 0 bridgehead atoms. The zero-order valence-electron chi connectivity index (χ0n) is 16.5. The number of ketones is 1.